The average molecular weight is 446 g/mol. The summed E-state index contributed by atoms with van der Waals surface area (Å²) in [5, 5.41) is 20.7. The van der Waals surface area contributed by atoms with Crippen LogP contribution in [0.3, 0.4) is 0 Å². The molecule has 1 amide bonds. The Morgan fingerprint density at radius 2 is 2.13 bits per heavy atom. The van der Waals surface area contributed by atoms with Crippen LogP contribution in [0.1, 0.15) is 32.7 Å². The molecule has 0 unspecified atom stereocenters. The summed E-state index contributed by atoms with van der Waals surface area (Å²) in [7, 11) is 0. The molecule has 1 aliphatic rings. The highest BCUT2D eigenvalue weighted by molar-refractivity contribution is 6.31. The van der Waals surface area contributed by atoms with Crippen LogP contribution in [0.4, 0.5) is 20.2 Å². The van der Waals surface area contributed by atoms with Crippen LogP contribution in [0.2, 0.25) is 5.15 Å². The topological polar surface area (TPSA) is 131 Å². The number of hydrazine groups is 1. The van der Waals surface area contributed by atoms with Gasteiger partial charge in [-0.15, -0.1) is 0 Å². The fraction of sp³-hybridized carbons (Fsp3) is 0.200. The van der Waals surface area contributed by atoms with Crippen LogP contribution in [-0.4, -0.2) is 34.7 Å². The fourth-order valence-corrected chi connectivity index (χ4v) is 3.31. The molecule has 0 radical (unpaired) electrons. The molecular weight excluding hydrogens is 428 g/mol. The molecule has 1 aromatic heterocycles. The molecule has 1 aliphatic heterocycles. The predicted molar refractivity (Wildman–Crippen MR) is 113 cm³/mol. The molecule has 3 rings (SSSR count). The van der Waals surface area contributed by atoms with Crippen molar-refractivity contribution in [2.45, 2.75) is 20.4 Å². The van der Waals surface area contributed by atoms with E-state index in [4.69, 9.17) is 22.7 Å². The van der Waals surface area contributed by atoms with Crippen molar-refractivity contribution in [1.82, 2.24) is 15.4 Å². The maximum Gasteiger partial charge on any atom is 0.327 e. The summed E-state index contributed by atoms with van der Waals surface area (Å²) in [6.45, 7) is 0.636. The van der Waals surface area contributed by atoms with Gasteiger partial charge in [0, 0.05) is 35.3 Å². The van der Waals surface area contributed by atoms with Gasteiger partial charge in [0.25, 0.3) is 5.91 Å². The summed E-state index contributed by atoms with van der Waals surface area (Å²) in [6, 6.07) is 6.49. The molecule has 0 saturated carbocycles. The van der Waals surface area contributed by atoms with Crippen molar-refractivity contribution in [2.24, 2.45) is 0 Å². The van der Waals surface area contributed by atoms with Gasteiger partial charge in [-0.1, -0.05) is 11.6 Å². The van der Waals surface area contributed by atoms with E-state index in [2.05, 4.69) is 15.7 Å². The summed E-state index contributed by atoms with van der Waals surface area (Å²) < 4.78 is 25.6. The van der Waals surface area contributed by atoms with Gasteiger partial charge in [0.2, 0.25) is 0 Å². The molecule has 0 atom stereocenters. The third-order valence-corrected chi connectivity index (χ3v) is 5.17. The fourth-order valence-electron chi connectivity index (χ4n) is 3.04. The zero-order chi connectivity index (χ0) is 22.9. The van der Waals surface area contributed by atoms with E-state index in [-0.39, 0.29) is 39.9 Å². The molecule has 1 aromatic carbocycles. The number of aromatic nitrogens is 1. The minimum absolute atomic E-state index is 0.0455. The SMILES string of the molecule is Cc1c(C(=O)Nc2ccc(N)c(C(=N)C3=CN(C(F)F)NC3)c2)nc(Cl)c(C#N)c1C. The number of benzene rings is 1. The Morgan fingerprint density at radius 1 is 1.42 bits per heavy atom. The van der Waals surface area contributed by atoms with E-state index < -0.39 is 12.5 Å². The molecule has 0 spiro atoms. The number of amides is 1. The normalized spacial score (nSPS) is 13.2. The molecule has 0 saturated heterocycles. The number of carbonyl (C=O) groups is 1. The molecule has 31 heavy (non-hydrogen) atoms. The number of halogens is 3. The van der Waals surface area contributed by atoms with E-state index >= 15 is 0 Å². The summed E-state index contributed by atoms with van der Waals surface area (Å²) >= 11 is 6.02. The number of hydrogen-bond donors (Lipinski definition) is 4. The molecule has 0 aliphatic carbocycles. The summed E-state index contributed by atoms with van der Waals surface area (Å²) in [4.78, 5) is 16.8. The first kappa shape index (κ1) is 22.1. The molecule has 8 nitrogen and oxygen atoms in total. The quantitative estimate of drug-likeness (QED) is 0.241. The third kappa shape index (κ3) is 4.33. The smallest absolute Gasteiger partial charge is 0.327 e. The summed E-state index contributed by atoms with van der Waals surface area (Å²) in [5.74, 6) is -0.556. The van der Waals surface area contributed by atoms with Gasteiger partial charge in [-0.3, -0.25) is 15.2 Å². The minimum Gasteiger partial charge on any atom is -0.398 e. The van der Waals surface area contributed by atoms with Crippen molar-refractivity contribution in [3.05, 3.63) is 63.1 Å². The van der Waals surface area contributed by atoms with Crippen LogP contribution in [0.15, 0.2) is 30.0 Å². The second-order valence-electron chi connectivity index (χ2n) is 6.79. The lowest BCUT2D eigenvalue weighted by atomic mass is 10.0. The number of rotatable bonds is 5. The zero-order valence-corrected chi connectivity index (χ0v) is 17.3. The van der Waals surface area contributed by atoms with E-state index in [0.29, 0.717) is 27.4 Å². The Balaban J connectivity index is 1.88. The standard InChI is InChI=1S/C20H18ClF2N7O/c1-9-10(2)17(29-18(21)14(9)6-24)19(31)28-12-3-4-15(25)13(5-12)16(26)11-7-27-30(8-11)20(22)23/h3-5,8,20,26-27H,7,25H2,1-2H3,(H,28,31). The Hall–Kier alpha value is -3.55. The molecule has 2 heterocycles. The van der Waals surface area contributed by atoms with Gasteiger partial charge >= 0.3 is 6.55 Å². The summed E-state index contributed by atoms with van der Waals surface area (Å²) in [5.41, 5.74) is 10.9. The number of nitrogens with two attached hydrogens (primary N) is 1. The lowest BCUT2D eigenvalue weighted by Crippen LogP contribution is -2.33. The number of nitriles is 1. The Morgan fingerprint density at radius 3 is 2.74 bits per heavy atom. The maximum atomic E-state index is 12.8. The Kier molecular flexibility index (Phi) is 6.19. The predicted octanol–water partition coefficient (Wildman–Crippen LogP) is 3.35. The number of nitrogens with one attached hydrogen (secondary N) is 3. The molecule has 11 heteroatoms. The number of nitrogen functional groups attached to an aromatic ring is 1. The van der Waals surface area contributed by atoms with Crippen molar-refractivity contribution in [3.8, 4) is 6.07 Å². The minimum atomic E-state index is -2.74. The van der Waals surface area contributed by atoms with Crippen LogP contribution in [0.5, 0.6) is 0 Å². The first-order chi connectivity index (χ1) is 14.6. The third-order valence-electron chi connectivity index (χ3n) is 4.89. The van der Waals surface area contributed by atoms with Crippen molar-refractivity contribution < 1.29 is 13.6 Å². The van der Waals surface area contributed by atoms with Crippen LogP contribution in [0.25, 0.3) is 0 Å². The highest BCUT2D eigenvalue weighted by atomic mass is 35.5. The molecule has 160 valence electrons. The Bertz CT molecular complexity index is 1160. The number of alkyl halides is 2. The van der Waals surface area contributed by atoms with Gasteiger partial charge < -0.3 is 11.1 Å². The number of carbonyl (C=O) groups excluding carboxylic acids is 1. The molecule has 5 N–H and O–H groups in total. The lowest BCUT2D eigenvalue weighted by molar-refractivity contribution is -0.0170. The number of anilines is 2. The molecule has 2 aromatic rings. The zero-order valence-electron chi connectivity index (χ0n) is 16.6. The van der Waals surface area contributed by atoms with E-state index in [9.17, 15) is 18.8 Å². The summed E-state index contributed by atoms with van der Waals surface area (Å²) in [6.07, 6.45) is 1.15. The van der Waals surface area contributed by atoms with Crippen molar-refractivity contribution in [2.75, 3.05) is 17.6 Å². The van der Waals surface area contributed by atoms with E-state index in [1.165, 1.54) is 12.1 Å². The molecule has 0 fully saturated rings. The maximum absolute atomic E-state index is 12.8. The van der Waals surface area contributed by atoms with Crippen LogP contribution in [-0.2, 0) is 0 Å². The van der Waals surface area contributed by atoms with Crippen molar-refractivity contribution >= 4 is 34.6 Å². The van der Waals surface area contributed by atoms with Crippen LogP contribution < -0.4 is 16.5 Å². The van der Waals surface area contributed by atoms with Crippen LogP contribution >= 0.6 is 11.6 Å². The number of pyridine rings is 1. The first-order valence-electron chi connectivity index (χ1n) is 9.01. The first-order valence-corrected chi connectivity index (χ1v) is 9.39. The van der Waals surface area contributed by atoms with Crippen LogP contribution in [0, 0.1) is 30.6 Å². The van der Waals surface area contributed by atoms with Gasteiger partial charge in [0.1, 0.15) is 16.9 Å². The number of nitrogens with zero attached hydrogens (tertiary/aromatic N) is 3. The van der Waals surface area contributed by atoms with E-state index in [1.54, 1.807) is 19.9 Å². The number of hydrogen-bond acceptors (Lipinski definition) is 7. The largest absolute Gasteiger partial charge is 0.398 e. The van der Waals surface area contributed by atoms with Gasteiger partial charge in [0.15, 0.2) is 0 Å². The van der Waals surface area contributed by atoms with Gasteiger partial charge in [-0.2, -0.15) is 14.0 Å². The second-order valence-corrected chi connectivity index (χ2v) is 7.15. The average Bonchev–Trinajstić information content (AvgIpc) is 3.22. The Labute approximate surface area is 181 Å². The molecule has 0 bridgehead atoms. The van der Waals surface area contributed by atoms with E-state index in [0.717, 1.165) is 6.20 Å². The molecular formula is C20H18ClF2N7O. The lowest BCUT2D eigenvalue weighted by Gasteiger charge is -2.13. The van der Waals surface area contributed by atoms with Gasteiger partial charge in [-0.25, -0.2) is 10.4 Å². The highest BCUT2D eigenvalue weighted by Crippen LogP contribution is 2.25. The van der Waals surface area contributed by atoms with Gasteiger partial charge in [0.05, 0.1) is 11.3 Å². The van der Waals surface area contributed by atoms with Crippen molar-refractivity contribution in [1.29, 1.82) is 10.7 Å². The van der Waals surface area contributed by atoms with E-state index in [1.807, 2.05) is 6.07 Å². The monoisotopic (exact) mass is 445 g/mol. The highest BCUT2D eigenvalue weighted by Gasteiger charge is 2.23. The van der Waals surface area contributed by atoms with Crippen molar-refractivity contribution in [3.63, 3.8) is 0 Å². The van der Waals surface area contributed by atoms with Gasteiger partial charge in [-0.05, 0) is 43.2 Å². The second kappa shape index (κ2) is 8.67.